The molecule has 1 N–H and O–H groups in total. The fourth-order valence-corrected chi connectivity index (χ4v) is 6.95. The van der Waals surface area contributed by atoms with Gasteiger partial charge in [0.25, 0.3) is 0 Å². The highest BCUT2D eigenvalue weighted by Crippen LogP contribution is 2.32. The van der Waals surface area contributed by atoms with Crippen LogP contribution >= 0.6 is 11.8 Å². The molecule has 1 radical (unpaired) electrons. The van der Waals surface area contributed by atoms with Crippen molar-refractivity contribution in [3.8, 4) is 11.1 Å². The van der Waals surface area contributed by atoms with E-state index in [2.05, 4.69) is 12.2 Å². The number of thioether (sulfide) groups is 1. The van der Waals surface area contributed by atoms with Crippen LogP contribution in [0.1, 0.15) is 18.0 Å². The summed E-state index contributed by atoms with van der Waals surface area (Å²) in [5.41, 5.74) is 1.54. The minimum atomic E-state index is -3.97. The summed E-state index contributed by atoms with van der Waals surface area (Å²) in [6.07, 6.45) is -0.00528. The molecule has 0 saturated carbocycles. The van der Waals surface area contributed by atoms with Crippen LogP contribution in [-0.4, -0.2) is 36.3 Å². The quantitative estimate of drug-likeness (QED) is 0.506. The molecule has 1 saturated heterocycles. The molecule has 0 bridgehead atoms. The molecule has 34 heavy (non-hydrogen) atoms. The maximum Gasteiger partial charge on any atom is 0.249 e. The lowest BCUT2D eigenvalue weighted by Crippen LogP contribution is -2.45. The fraction of sp³-hybridized carbons (Fsp3) is 0.200. The van der Waals surface area contributed by atoms with E-state index in [9.17, 15) is 22.0 Å². The van der Waals surface area contributed by atoms with Gasteiger partial charge in [-0.25, -0.2) is 17.2 Å². The molecule has 0 spiro atoms. The summed E-state index contributed by atoms with van der Waals surface area (Å²) in [6.45, 7) is 3.83. The first-order chi connectivity index (χ1) is 16.3. The number of halogens is 2. The summed E-state index contributed by atoms with van der Waals surface area (Å²) in [5, 5.41) is 1.53. The minimum absolute atomic E-state index is 0.00528. The normalized spacial score (nSPS) is 17.4. The van der Waals surface area contributed by atoms with Gasteiger partial charge in [-0.3, -0.25) is 4.79 Å². The number of nitrogens with one attached hydrogen (secondary N) is 1. The van der Waals surface area contributed by atoms with Gasteiger partial charge in [0, 0.05) is 17.9 Å². The largest absolute Gasteiger partial charge is 0.347 e. The molecule has 1 heterocycles. The van der Waals surface area contributed by atoms with Gasteiger partial charge >= 0.3 is 0 Å². The zero-order valence-corrected chi connectivity index (χ0v) is 19.8. The molecule has 3 aromatic rings. The number of carbonyl (C=O) groups is 1. The molecule has 2 atom stereocenters. The Morgan fingerprint density at radius 3 is 2.24 bits per heavy atom. The third-order valence-electron chi connectivity index (χ3n) is 5.59. The number of nitrogens with zero attached hydrogens (tertiary/aromatic N) is 1. The number of rotatable bonds is 7. The Balaban J connectivity index is 1.54. The van der Waals surface area contributed by atoms with Crippen LogP contribution in [0.15, 0.2) is 77.7 Å². The maximum atomic E-state index is 14.2. The van der Waals surface area contributed by atoms with Crippen LogP contribution in [0.3, 0.4) is 0 Å². The van der Waals surface area contributed by atoms with Crippen molar-refractivity contribution in [2.24, 2.45) is 0 Å². The van der Waals surface area contributed by atoms with Gasteiger partial charge < -0.3 is 5.32 Å². The molecule has 0 aromatic heterocycles. The summed E-state index contributed by atoms with van der Waals surface area (Å²) in [5.74, 6) is -1.81. The predicted molar refractivity (Wildman–Crippen MR) is 129 cm³/mol. The Kier molecular flexibility index (Phi) is 7.35. The first-order valence-electron chi connectivity index (χ1n) is 10.7. The van der Waals surface area contributed by atoms with Crippen molar-refractivity contribution in [1.82, 2.24) is 9.62 Å². The SMILES string of the molecule is [CH2]C[C@H](NC(=O)[C@@H]1SCCN1S(=O)(=O)c1ccc(-c2ccccc2)cc1)c1c(F)cccc1F. The van der Waals surface area contributed by atoms with Gasteiger partial charge in [-0.15, -0.1) is 11.8 Å². The summed E-state index contributed by atoms with van der Waals surface area (Å²) >= 11 is 1.16. The van der Waals surface area contributed by atoms with Crippen molar-refractivity contribution >= 4 is 27.7 Å². The fourth-order valence-electron chi connectivity index (χ4n) is 3.87. The molecule has 1 aliphatic rings. The average Bonchev–Trinajstić information content (AvgIpc) is 3.35. The average molecular weight is 502 g/mol. The van der Waals surface area contributed by atoms with Gasteiger partial charge in [0.15, 0.2) is 0 Å². The number of hydrogen-bond acceptors (Lipinski definition) is 4. The second kappa shape index (κ2) is 10.2. The molecule has 4 rings (SSSR count). The van der Waals surface area contributed by atoms with Crippen LogP contribution in [-0.2, 0) is 14.8 Å². The molecular weight excluding hydrogens is 478 g/mol. The highest BCUT2D eigenvalue weighted by atomic mass is 32.2. The molecular formula is C25H23F2N2O3S2. The minimum Gasteiger partial charge on any atom is -0.347 e. The lowest BCUT2D eigenvalue weighted by Gasteiger charge is -2.25. The molecule has 1 aliphatic heterocycles. The Hall–Kier alpha value is -2.75. The Morgan fingerprint density at radius 2 is 1.62 bits per heavy atom. The molecule has 3 aromatic carbocycles. The predicted octanol–water partition coefficient (Wildman–Crippen LogP) is 4.78. The molecule has 1 amide bonds. The van der Waals surface area contributed by atoms with Crippen molar-refractivity contribution in [2.45, 2.75) is 22.7 Å². The summed E-state index contributed by atoms with van der Waals surface area (Å²) < 4.78 is 56.2. The third-order valence-corrected chi connectivity index (χ3v) is 8.81. The van der Waals surface area contributed by atoms with Gasteiger partial charge in [-0.05, 0) is 41.8 Å². The van der Waals surface area contributed by atoms with Crippen LogP contribution in [0.25, 0.3) is 11.1 Å². The first kappa shape index (κ1) is 24.4. The highest BCUT2D eigenvalue weighted by Gasteiger charge is 2.41. The van der Waals surface area contributed by atoms with Crippen LogP contribution < -0.4 is 5.32 Å². The van der Waals surface area contributed by atoms with Crippen LogP contribution in [0.2, 0.25) is 0 Å². The van der Waals surface area contributed by atoms with Crippen molar-refractivity contribution < 1.29 is 22.0 Å². The summed E-state index contributed by atoms with van der Waals surface area (Å²) in [4.78, 5) is 13.1. The Labute approximate surface area is 202 Å². The van der Waals surface area contributed by atoms with Crippen molar-refractivity contribution in [3.63, 3.8) is 0 Å². The van der Waals surface area contributed by atoms with E-state index in [1.165, 1.54) is 18.2 Å². The monoisotopic (exact) mass is 501 g/mol. The topological polar surface area (TPSA) is 66.5 Å². The maximum absolute atomic E-state index is 14.2. The zero-order chi connectivity index (χ0) is 24.3. The molecule has 9 heteroatoms. The van der Waals surface area contributed by atoms with Crippen molar-refractivity contribution in [1.29, 1.82) is 0 Å². The van der Waals surface area contributed by atoms with Crippen LogP contribution in [0, 0.1) is 18.6 Å². The number of carbonyl (C=O) groups excluding carboxylic acids is 1. The molecule has 177 valence electrons. The van der Waals surface area contributed by atoms with E-state index in [-0.39, 0.29) is 23.4 Å². The molecule has 5 nitrogen and oxygen atoms in total. The summed E-state index contributed by atoms with van der Waals surface area (Å²) in [6, 6.07) is 18.5. The van der Waals surface area contributed by atoms with Gasteiger partial charge in [-0.1, -0.05) is 55.5 Å². The van der Waals surface area contributed by atoms with Crippen LogP contribution in [0.5, 0.6) is 0 Å². The van der Waals surface area contributed by atoms with E-state index in [0.717, 1.165) is 39.3 Å². The molecule has 1 fully saturated rings. The standard InChI is InChI=1S/C25H23F2N2O3S2/c1-2-22(23-20(26)9-6-10-21(23)27)28-24(30)25-29(15-16-33-25)34(31,32)19-13-11-18(12-14-19)17-7-4-3-5-8-17/h3-14,22,25H,1-2,15-16H2,(H,28,30)/t22-,25-/m0/s1. The highest BCUT2D eigenvalue weighted by molar-refractivity contribution is 8.02. The molecule has 0 aliphatic carbocycles. The van der Waals surface area contributed by atoms with Crippen LogP contribution in [0.4, 0.5) is 8.78 Å². The van der Waals surface area contributed by atoms with Gasteiger partial charge in [0.2, 0.25) is 15.9 Å². The van der Waals surface area contributed by atoms with Crippen molar-refractivity contribution in [2.75, 3.05) is 12.3 Å². The van der Waals surface area contributed by atoms with Gasteiger partial charge in [-0.2, -0.15) is 4.31 Å². The lowest BCUT2D eigenvalue weighted by molar-refractivity contribution is -0.122. The lowest BCUT2D eigenvalue weighted by atomic mass is 10.0. The number of hydrogen-bond donors (Lipinski definition) is 1. The van der Waals surface area contributed by atoms with E-state index < -0.39 is 39.0 Å². The van der Waals surface area contributed by atoms with E-state index in [1.54, 1.807) is 12.1 Å². The Morgan fingerprint density at radius 1 is 1.00 bits per heavy atom. The summed E-state index contributed by atoms with van der Waals surface area (Å²) in [7, 11) is -3.97. The van der Waals surface area contributed by atoms with Crippen molar-refractivity contribution in [3.05, 3.63) is 96.9 Å². The first-order valence-corrected chi connectivity index (χ1v) is 13.1. The van der Waals surface area contributed by atoms with E-state index in [1.807, 2.05) is 30.3 Å². The van der Waals surface area contributed by atoms with Gasteiger partial charge in [0.05, 0.1) is 10.9 Å². The number of sulfonamides is 1. The zero-order valence-electron chi connectivity index (χ0n) is 18.2. The Bertz CT molecular complexity index is 1250. The smallest absolute Gasteiger partial charge is 0.249 e. The van der Waals surface area contributed by atoms with E-state index in [0.29, 0.717) is 5.75 Å². The van der Waals surface area contributed by atoms with E-state index >= 15 is 0 Å². The number of benzene rings is 3. The van der Waals surface area contributed by atoms with E-state index in [4.69, 9.17) is 0 Å². The molecule has 0 unspecified atom stereocenters. The second-order valence-electron chi connectivity index (χ2n) is 7.71. The third kappa shape index (κ3) is 4.87. The number of amides is 1. The second-order valence-corrected chi connectivity index (χ2v) is 10.8. The van der Waals surface area contributed by atoms with Gasteiger partial charge in [0.1, 0.15) is 17.0 Å².